The molecule has 0 bridgehead atoms. The molecule has 0 aliphatic carbocycles. The van der Waals surface area contributed by atoms with E-state index in [0.717, 1.165) is 25.2 Å². The summed E-state index contributed by atoms with van der Waals surface area (Å²) in [5.41, 5.74) is 1.99. The van der Waals surface area contributed by atoms with Crippen LogP contribution < -0.4 is 4.90 Å². The molecule has 94 valence electrons. The molecule has 19 heavy (non-hydrogen) atoms. The lowest BCUT2D eigenvalue weighted by Gasteiger charge is -2.26. The molecule has 3 rings (SSSR count). The summed E-state index contributed by atoms with van der Waals surface area (Å²) in [6, 6.07) is 16.7. The molecule has 0 radical (unpaired) electrons. The van der Waals surface area contributed by atoms with Crippen molar-refractivity contribution >= 4 is 5.82 Å². The Balaban J connectivity index is 1.93. The minimum absolute atomic E-state index is 0.377. The van der Waals surface area contributed by atoms with Crippen molar-refractivity contribution in [1.82, 2.24) is 4.98 Å². The highest BCUT2D eigenvalue weighted by Crippen LogP contribution is 2.35. The van der Waals surface area contributed by atoms with E-state index in [4.69, 9.17) is 5.26 Å². The third-order valence-corrected chi connectivity index (χ3v) is 3.61. The second-order valence-electron chi connectivity index (χ2n) is 4.78. The summed E-state index contributed by atoms with van der Waals surface area (Å²) >= 11 is 0. The Morgan fingerprint density at radius 2 is 2.05 bits per heavy atom. The van der Waals surface area contributed by atoms with Crippen LogP contribution in [0.2, 0.25) is 0 Å². The average Bonchev–Trinajstić information content (AvgIpc) is 2.98. The monoisotopic (exact) mass is 249 g/mol. The van der Waals surface area contributed by atoms with Gasteiger partial charge < -0.3 is 4.90 Å². The van der Waals surface area contributed by atoms with Gasteiger partial charge in [0, 0.05) is 12.7 Å². The molecule has 0 saturated carbocycles. The van der Waals surface area contributed by atoms with Gasteiger partial charge in [0.25, 0.3) is 0 Å². The number of anilines is 1. The third kappa shape index (κ3) is 2.30. The second kappa shape index (κ2) is 5.11. The summed E-state index contributed by atoms with van der Waals surface area (Å²) in [7, 11) is 0. The highest BCUT2D eigenvalue weighted by atomic mass is 15.2. The quantitative estimate of drug-likeness (QED) is 0.820. The fraction of sp³-hybridized carbons (Fsp3) is 0.250. The summed E-state index contributed by atoms with van der Waals surface area (Å²) in [5, 5.41) is 8.99. The predicted molar refractivity (Wildman–Crippen MR) is 74.7 cm³/mol. The zero-order chi connectivity index (χ0) is 13.1. The number of nitrogens with zero attached hydrogens (tertiary/aromatic N) is 3. The Morgan fingerprint density at radius 3 is 2.84 bits per heavy atom. The van der Waals surface area contributed by atoms with E-state index in [1.165, 1.54) is 5.56 Å². The Labute approximate surface area is 113 Å². The fourth-order valence-corrected chi connectivity index (χ4v) is 2.71. The molecule has 1 aromatic carbocycles. The van der Waals surface area contributed by atoms with Gasteiger partial charge in [-0.3, -0.25) is 0 Å². The van der Waals surface area contributed by atoms with Crippen LogP contribution in [0.5, 0.6) is 0 Å². The molecule has 1 aliphatic heterocycles. The van der Waals surface area contributed by atoms with Crippen molar-refractivity contribution in [3.8, 4) is 6.07 Å². The van der Waals surface area contributed by atoms with E-state index in [-0.39, 0.29) is 0 Å². The topological polar surface area (TPSA) is 39.9 Å². The van der Waals surface area contributed by atoms with E-state index < -0.39 is 0 Å². The molecular formula is C16H15N3. The van der Waals surface area contributed by atoms with E-state index in [9.17, 15) is 0 Å². The molecule has 3 heteroatoms. The molecule has 3 nitrogen and oxygen atoms in total. The van der Waals surface area contributed by atoms with E-state index in [1.807, 2.05) is 12.1 Å². The molecule has 2 heterocycles. The predicted octanol–water partition coefficient (Wildman–Crippen LogP) is 3.29. The van der Waals surface area contributed by atoms with Crippen LogP contribution in [0.3, 0.4) is 0 Å². The number of hydrogen-bond donors (Lipinski definition) is 0. The minimum atomic E-state index is 0.377. The Hall–Kier alpha value is -2.34. The Kier molecular flexibility index (Phi) is 3.16. The van der Waals surface area contributed by atoms with Crippen molar-refractivity contribution in [3.63, 3.8) is 0 Å². The molecule has 1 saturated heterocycles. The van der Waals surface area contributed by atoms with Crippen molar-refractivity contribution in [2.24, 2.45) is 0 Å². The summed E-state index contributed by atoms with van der Waals surface area (Å²) in [4.78, 5) is 6.72. The van der Waals surface area contributed by atoms with Gasteiger partial charge in [-0.25, -0.2) is 4.98 Å². The molecule has 1 atom stereocenters. The smallest absolute Gasteiger partial charge is 0.130 e. The van der Waals surface area contributed by atoms with Crippen molar-refractivity contribution in [2.75, 3.05) is 11.4 Å². The van der Waals surface area contributed by atoms with Crippen LogP contribution in [0.25, 0.3) is 0 Å². The number of benzene rings is 1. The third-order valence-electron chi connectivity index (χ3n) is 3.61. The lowest BCUT2D eigenvalue weighted by atomic mass is 10.0. The Bertz CT molecular complexity index is 601. The maximum absolute atomic E-state index is 8.99. The van der Waals surface area contributed by atoms with E-state index in [2.05, 4.69) is 40.2 Å². The highest BCUT2D eigenvalue weighted by molar-refractivity contribution is 5.48. The summed E-state index contributed by atoms with van der Waals surface area (Å²) < 4.78 is 0. The standard InChI is InChI=1S/C16H15N3/c17-12-13-8-9-18-16(11-13)19-10-4-7-15(19)14-5-2-1-3-6-14/h1-3,5-6,8-9,11,15H,4,7,10H2. The summed E-state index contributed by atoms with van der Waals surface area (Å²) in [6.07, 6.45) is 4.02. The lowest BCUT2D eigenvalue weighted by molar-refractivity contribution is 0.711. The van der Waals surface area contributed by atoms with Gasteiger partial charge in [-0.1, -0.05) is 30.3 Å². The van der Waals surface area contributed by atoms with Crippen molar-refractivity contribution in [2.45, 2.75) is 18.9 Å². The SMILES string of the molecule is N#Cc1ccnc(N2CCCC2c2ccccc2)c1. The van der Waals surface area contributed by atoms with Crippen LogP contribution in [0.4, 0.5) is 5.82 Å². The molecule has 1 fully saturated rings. The lowest BCUT2D eigenvalue weighted by Crippen LogP contribution is -2.23. The van der Waals surface area contributed by atoms with Gasteiger partial charge in [0.05, 0.1) is 17.7 Å². The largest absolute Gasteiger partial charge is 0.350 e. The minimum Gasteiger partial charge on any atom is -0.350 e. The molecule has 0 spiro atoms. The van der Waals surface area contributed by atoms with E-state index in [0.29, 0.717) is 11.6 Å². The van der Waals surface area contributed by atoms with Crippen molar-refractivity contribution in [1.29, 1.82) is 5.26 Å². The zero-order valence-electron chi connectivity index (χ0n) is 10.7. The van der Waals surface area contributed by atoms with Crippen LogP contribution in [-0.4, -0.2) is 11.5 Å². The number of rotatable bonds is 2. The molecule has 1 aromatic heterocycles. The van der Waals surface area contributed by atoms with Gasteiger partial charge in [-0.2, -0.15) is 5.26 Å². The Morgan fingerprint density at radius 1 is 1.21 bits per heavy atom. The van der Waals surface area contributed by atoms with Gasteiger partial charge in [0.1, 0.15) is 5.82 Å². The zero-order valence-corrected chi connectivity index (χ0v) is 10.7. The van der Waals surface area contributed by atoms with Crippen LogP contribution in [0.15, 0.2) is 48.7 Å². The number of aromatic nitrogens is 1. The number of nitriles is 1. The first-order valence-corrected chi connectivity index (χ1v) is 6.56. The second-order valence-corrected chi connectivity index (χ2v) is 4.78. The van der Waals surface area contributed by atoms with Gasteiger partial charge in [-0.15, -0.1) is 0 Å². The molecule has 1 aliphatic rings. The fourth-order valence-electron chi connectivity index (χ4n) is 2.71. The van der Waals surface area contributed by atoms with Crippen LogP contribution in [0, 0.1) is 11.3 Å². The maximum atomic E-state index is 8.99. The van der Waals surface area contributed by atoms with E-state index in [1.54, 1.807) is 12.3 Å². The highest BCUT2D eigenvalue weighted by Gasteiger charge is 2.26. The van der Waals surface area contributed by atoms with Crippen LogP contribution in [0.1, 0.15) is 30.0 Å². The molecule has 1 unspecified atom stereocenters. The summed E-state index contributed by atoms with van der Waals surface area (Å²) in [6.45, 7) is 1.00. The molecule has 0 N–H and O–H groups in total. The number of pyridine rings is 1. The first kappa shape index (κ1) is 11.7. The van der Waals surface area contributed by atoms with Crippen molar-refractivity contribution in [3.05, 3.63) is 59.8 Å². The molecule has 2 aromatic rings. The maximum Gasteiger partial charge on any atom is 0.130 e. The molecule has 0 amide bonds. The van der Waals surface area contributed by atoms with Gasteiger partial charge in [0.2, 0.25) is 0 Å². The van der Waals surface area contributed by atoms with Crippen LogP contribution in [-0.2, 0) is 0 Å². The van der Waals surface area contributed by atoms with Crippen molar-refractivity contribution < 1.29 is 0 Å². The van der Waals surface area contributed by atoms with E-state index >= 15 is 0 Å². The molecular weight excluding hydrogens is 234 g/mol. The van der Waals surface area contributed by atoms with Gasteiger partial charge >= 0.3 is 0 Å². The first-order chi connectivity index (χ1) is 9.38. The summed E-state index contributed by atoms with van der Waals surface area (Å²) in [5.74, 6) is 0.908. The van der Waals surface area contributed by atoms with Gasteiger partial charge in [0.15, 0.2) is 0 Å². The average molecular weight is 249 g/mol. The number of hydrogen-bond acceptors (Lipinski definition) is 3. The van der Waals surface area contributed by atoms with Gasteiger partial charge in [-0.05, 0) is 30.5 Å². The first-order valence-electron chi connectivity index (χ1n) is 6.56. The normalized spacial score (nSPS) is 18.3. The van der Waals surface area contributed by atoms with Crippen LogP contribution >= 0.6 is 0 Å².